The summed E-state index contributed by atoms with van der Waals surface area (Å²) in [7, 11) is 0. The summed E-state index contributed by atoms with van der Waals surface area (Å²) in [5.41, 5.74) is 1.42. The van der Waals surface area contributed by atoms with Crippen molar-refractivity contribution >= 4 is 17.1 Å². The smallest absolute Gasteiger partial charge is 0.420 e. The average molecular weight is 262 g/mol. The van der Waals surface area contributed by atoms with Crippen molar-refractivity contribution in [3.05, 3.63) is 29.6 Å². The summed E-state index contributed by atoms with van der Waals surface area (Å²) in [4.78, 5) is 16.5. The number of rotatable bonds is 1. The van der Waals surface area contributed by atoms with E-state index >= 15 is 0 Å². The summed E-state index contributed by atoms with van der Waals surface area (Å²) in [6.07, 6.45) is -0.456. The van der Waals surface area contributed by atoms with Crippen LogP contribution in [0.2, 0.25) is 0 Å². The first-order chi connectivity index (χ1) is 8.83. The van der Waals surface area contributed by atoms with Crippen LogP contribution in [0, 0.1) is 6.92 Å². The number of nitrogens with zero attached hydrogens (tertiary/aromatic N) is 2. The van der Waals surface area contributed by atoms with Crippen LogP contribution in [0.4, 0.5) is 4.79 Å². The lowest BCUT2D eigenvalue weighted by molar-refractivity contribution is 0.0540. The minimum atomic E-state index is -0.561. The molecule has 102 valence electrons. The largest absolute Gasteiger partial charge is 0.443 e. The van der Waals surface area contributed by atoms with Gasteiger partial charge < -0.3 is 9.84 Å². The molecule has 0 unspecified atom stereocenters. The summed E-state index contributed by atoms with van der Waals surface area (Å²) < 4.78 is 6.80. The van der Waals surface area contributed by atoms with Gasteiger partial charge in [-0.05, 0) is 33.8 Å². The fraction of sp³-hybridized carbons (Fsp3) is 0.429. The van der Waals surface area contributed by atoms with Crippen molar-refractivity contribution in [1.82, 2.24) is 9.55 Å². The summed E-state index contributed by atoms with van der Waals surface area (Å²) >= 11 is 0. The van der Waals surface area contributed by atoms with E-state index in [4.69, 9.17) is 4.74 Å². The minimum absolute atomic E-state index is 0.109. The van der Waals surface area contributed by atoms with Crippen LogP contribution in [0.1, 0.15) is 32.2 Å². The molecule has 0 atom stereocenters. The molecular weight excluding hydrogens is 244 g/mol. The molecule has 0 bridgehead atoms. The number of carbonyl (C=O) groups excluding carboxylic acids is 1. The zero-order valence-corrected chi connectivity index (χ0v) is 11.6. The van der Waals surface area contributed by atoms with Crippen molar-refractivity contribution in [2.75, 3.05) is 0 Å². The Morgan fingerprint density at radius 1 is 1.42 bits per heavy atom. The van der Waals surface area contributed by atoms with Crippen molar-refractivity contribution in [3.63, 3.8) is 0 Å². The fourth-order valence-electron chi connectivity index (χ4n) is 1.94. The standard InChI is InChI=1S/C14H18N2O3/c1-9-15-12-10(8-17)6-5-7-11(12)16(9)13(18)19-14(2,3)4/h5-7,17H,8H2,1-4H3. The van der Waals surface area contributed by atoms with Gasteiger partial charge in [-0.3, -0.25) is 0 Å². The van der Waals surface area contributed by atoms with E-state index in [1.54, 1.807) is 25.1 Å². The maximum atomic E-state index is 12.2. The molecule has 0 aliphatic heterocycles. The Morgan fingerprint density at radius 2 is 2.11 bits per heavy atom. The fourth-order valence-corrected chi connectivity index (χ4v) is 1.94. The zero-order chi connectivity index (χ0) is 14.2. The number of ether oxygens (including phenoxy) is 1. The third kappa shape index (κ3) is 2.61. The molecule has 0 spiro atoms. The third-order valence-electron chi connectivity index (χ3n) is 2.68. The maximum absolute atomic E-state index is 12.2. The Hall–Kier alpha value is -1.88. The quantitative estimate of drug-likeness (QED) is 0.858. The van der Waals surface area contributed by atoms with Gasteiger partial charge in [-0.15, -0.1) is 0 Å². The second-order valence-electron chi connectivity index (χ2n) is 5.42. The van der Waals surface area contributed by atoms with E-state index in [1.807, 2.05) is 20.8 Å². The van der Waals surface area contributed by atoms with Crippen molar-refractivity contribution in [1.29, 1.82) is 0 Å². The lowest BCUT2D eigenvalue weighted by Crippen LogP contribution is -2.27. The molecule has 2 aromatic rings. The second kappa shape index (κ2) is 4.66. The first-order valence-electron chi connectivity index (χ1n) is 6.14. The third-order valence-corrected chi connectivity index (χ3v) is 2.68. The Labute approximate surface area is 111 Å². The number of hydrogen-bond donors (Lipinski definition) is 1. The van der Waals surface area contributed by atoms with Crippen molar-refractivity contribution < 1.29 is 14.6 Å². The SMILES string of the molecule is Cc1nc2c(CO)cccc2n1C(=O)OC(C)(C)C. The van der Waals surface area contributed by atoms with Crippen LogP contribution in [0.3, 0.4) is 0 Å². The van der Waals surface area contributed by atoms with Gasteiger partial charge in [-0.2, -0.15) is 0 Å². The van der Waals surface area contributed by atoms with Gasteiger partial charge in [0.1, 0.15) is 11.4 Å². The molecule has 0 radical (unpaired) electrons. The lowest BCUT2D eigenvalue weighted by Gasteiger charge is -2.20. The normalized spacial score (nSPS) is 11.8. The van der Waals surface area contributed by atoms with Crippen LogP contribution < -0.4 is 0 Å². The average Bonchev–Trinajstić information content (AvgIpc) is 2.62. The Balaban J connectivity index is 2.55. The number of aryl methyl sites for hydroxylation is 1. The van der Waals surface area contributed by atoms with Gasteiger partial charge in [0.2, 0.25) is 0 Å². The van der Waals surface area contributed by atoms with Crippen molar-refractivity contribution in [3.8, 4) is 0 Å². The number of para-hydroxylation sites is 1. The Morgan fingerprint density at radius 3 is 2.68 bits per heavy atom. The molecule has 19 heavy (non-hydrogen) atoms. The molecule has 0 saturated carbocycles. The molecule has 2 rings (SSSR count). The number of benzene rings is 1. The van der Waals surface area contributed by atoms with Crippen LogP contribution in [0.25, 0.3) is 11.0 Å². The van der Waals surface area contributed by atoms with Crippen LogP contribution in [0.5, 0.6) is 0 Å². The molecule has 5 nitrogen and oxygen atoms in total. The van der Waals surface area contributed by atoms with Crippen LogP contribution in [-0.2, 0) is 11.3 Å². The summed E-state index contributed by atoms with van der Waals surface area (Å²) in [6, 6.07) is 5.36. The van der Waals surface area contributed by atoms with Crippen LogP contribution in [0.15, 0.2) is 18.2 Å². The number of aromatic nitrogens is 2. The minimum Gasteiger partial charge on any atom is -0.443 e. The molecule has 0 fully saturated rings. The van der Waals surface area contributed by atoms with Gasteiger partial charge in [0.25, 0.3) is 0 Å². The first-order valence-corrected chi connectivity index (χ1v) is 6.14. The number of carbonyl (C=O) groups is 1. The van der Waals surface area contributed by atoms with Gasteiger partial charge >= 0.3 is 6.09 Å². The van der Waals surface area contributed by atoms with E-state index < -0.39 is 11.7 Å². The van der Waals surface area contributed by atoms with Gasteiger partial charge in [0, 0.05) is 5.56 Å². The number of hydrogen-bond acceptors (Lipinski definition) is 4. The number of aliphatic hydroxyl groups excluding tert-OH is 1. The molecule has 1 N–H and O–H groups in total. The Bertz CT molecular complexity index is 623. The van der Waals surface area contributed by atoms with E-state index in [9.17, 15) is 9.90 Å². The van der Waals surface area contributed by atoms with E-state index in [2.05, 4.69) is 4.98 Å². The summed E-state index contributed by atoms with van der Waals surface area (Å²) in [6.45, 7) is 7.09. The van der Waals surface area contributed by atoms with E-state index in [-0.39, 0.29) is 6.61 Å². The topological polar surface area (TPSA) is 64.4 Å². The highest BCUT2D eigenvalue weighted by Crippen LogP contribution is 2.21. The van der Waals surface area contributed by atoms with Crippen LogP contribution in [-0.4, -0.2) is 26.4 Å². The molecule has 0 saturated heterocycles. The number of fused-ring (bicyclic) bond motifs is 1. The van der Waals surface area contributed by atoms with E-state index in [0.29, 0.717) is 22.4 Å². The molecule has 0 aliphatic carbocycles. The zero-order valence-electron chi connectivity index (χ0n) is 11.6. The second-order valence-corrected chi connectivity index (χ2v) is 5.42. The summed E-state index contributed by atoms with van der Waals surface area (Å²) in [5, 5.41) is 9.30. The first kappa shape index (κ1) is 13.5. The predicted molar refractivity (Wildman–Crippen MR) is 72.0 cm³/mol. The van der Waals surface area contributed by atoms with Gasteiger partial charge in [-0.1, -0.05) is 12.1 Å². The monoisotopic (exact) mass is 262 g/mol. The number of imidazole rings is 1. The van der Waals surface area contributed by atoms with Gasteiger partial charge in [-0.25, -0.2) is 14.3 Å². The van der Waals surface area contributed by atoms with Gasteiger partial charge in [0.15, 0.2) is 0 Å². The molecule has 1 aromatic carbocycles. The maximum Gasteiger partial charge on any atom is 0.420 e. The molecule has 1 aromatic heterocycles. The predicted octanol–water partition coefficient (Wildman–Crippen LogP) is 2.62. The van der Waals surface area contributed by atoms with Crippen molar-refractivity contribution in [2.45, 2.75) is 39.9 Å². The Kier molecular flexibility index (Phi) is 3.32. The highest BCUT2D eigenvalue weighted by Gasteiger charge is 2.22. The molecule has 0 amide bonds. The molecule has 1 heterocycles. The van der Waals surface area contributed by atoms with Crippen molar-refractivity contribution in [2.24, 2.45) is 0 Å². The summed E-state index contributed by atoms with van der Waals surface area (Å²) in [5.74, 6) is 0.546. The molecule has 5 heteroatoms. The van der Waals surface area contributed by atoms with E-state index in [1.165, 1.54) is 4.57 Å². The highest BCUT2D eigenvalue weighted by molar-refractivity contribution is 5.89. The lowest BCUT2D eigenvalue weighted by atomic mass is 10.2. The molecular formula is C14H18N2O3. The molecule has 0 aliphatic rings. The number of aliphatic hydroxyl groups is 1. The highest BCUT2D eigenvalue weighted by atomic mass is 16.6. The van der Waals surface area contributed by atoms with E-state index in [0.717, 1.165) is 0 Å². The van der Waals surface area contributed by atoms with Gasteiger partial charge in [0.05, 0.1) is 17.6 Å². The van der Waals surface area contributed by atoms with Crippen LogP contribution >= 0.6 is 0 Å².